The SMILES string of the molecule is CC(C)(C)OC(=O)N1C(C2=NC=C(c3ccc(B4OC(C)(C)C(C)(C)O4)cc3)C2)C[C@@H]2CCC[C@@H]21. The number of hydrogen-bond donors (Lipinski definition) is 0. The van der Waals surface area contributed by atoms with Crippen LogP contribution < -0.4 is 5.46 Å². The zero-order valence-electron chi connectivity index (χ0n) is 22.3. The summed E-state index contributed by atoms with van der Waals surface area (Å²) in [6.45, 7) is 14.1. The van der Waals surface area contributed by atoms with Crippen molar-refractivity contribution in [1.29, 1.82) is 0 Å². The lowest BCUT2D eigenvalue weighted by atomic mass is 9.78. The fourth-order valence-electron chi connectivity index (χ4n) is 5.82. The summed E-state index contributed by atoms with van der Waals surface area (Å²) in [6, 6.07) is 8.73. The third kappa shape index (κ3) is 4.58. The molecule has 188 valence electrons. The molecule has 6 nitrogen and oxygen atoms in total. The summed E-state index contributed by atoms with van der Waals surface area (Å²) in [7, 11) is -0.362. The van der Waals surface area contributed by atoms with E-state index in [0.29, 0.717) is 5.92 Å². The van der Waals surface area contributed by atoms with Crippen molar-refractivity contribution in [3.63, 3.8) is 0 Å². The van der Waals surface area contributed by atoms with Crippen LogP contribution in [0.25, 0.3) is 5.57 Å². The summed E-state index contributed by atoms with van der Waals surface area (Å²) in [5, 5.41) is 0. The van der Waals surface area contributed by atoms with E-state index in [1.807, 2.05) is 31.9 Å². The van der Waals surface area contributed by atoms with Crippen LogP contribution in [0.1, 0.15) is 86.1 Å². The molecule has 3 fully saturated rings. The van der Waals surface area contributed by atoms with E-state index in [9.17, 15) is 4.79 Å². The largest absolute Gasteiger partial charge is 0.494 e. The summed E-state index contributed by atoms with van der Waals surface area (Å²) in [5.74, 6) is 0.554. The van der Waals surface area contributed by atoms with E-state index >= 15 is 0 Å². The number of aliphatic imine (C=N–C) groups is 1. The van der Waals surface area contributed by atoms with Gasteiger partial charge in [-0.1, -0.05) is 30.7 Å². The van der Waals surface area contributed by atoms with Crippen LogP contribution >= 0.6 is 0 Å². The molecule has 3 aliphatic heterocycles. The van der Waals surface area contributed by atoms with E-state index in [4.69, 9.17) is 19.0 Å². The number of carbonyl (C=O) groups excluding carboxylic acids is 1. The highest BCUT2D eigenvalue weighted by molar-refractivity contribution is 6.62. The first-order valence-corrected chi connectivity index (χ1v) is 13.1. The van der Waals surface area contributed by atoms with Crippen LogP contribution in [-0.2, 0) is 14.0 Å². The minimum Gasteiger partial charge on any atom is -0.444 e. The van der Waals surface area contributed by atoms with Gasteiger partial charge in [-0.3, -0.25) is 9.89 Å². The Labute approximate surface area is 210 Å². The molecular formula is C28H39BN2O4. The Hall–Kier alpha value is -2.12. The summed E-state index contributed by atoms with van der Waals surface area (Å²) in [6.07, 6.45) is 6.97. The first kappa shape index (κ1) is 24.6. The van der Waals surface area contributed by atoms with Gasteiger partial charge in [0.25, 0.3) is 0 Å². The zero-order chi connectivity index (χ0) is 25.2. The standard InChI is InChI=1S/C28H39BN2O4/c1-26(2,3)33-25(32)31-23-10-8-9-19(23)16-24(31)22-15-20(17-30-22)18-11-13-21(14-12-18)29-34-27(4,5)28(6,7)35-29/h11-14,17,19,23-24H,8-10,15-16H2,1-7H3/t19-,23-,24?/m0/s1. The van der Waals surface area contributed by atoms with Crippen molar-refractivity contribution in [2.45, 2.75) is 109 Å². The first-order chi connectivity index (χ1) is 16.3. The third-order valence-corrected chi connectivity index (χ3v) is 8.39. The van der Waals surface area contributed by atoms with Crippen molar-refractivity contribution in [1.82, 2.24) is 4.90 Å². The zero-order valence-corrected chi connectivity index (χ0v) is 22.3. The second kappa shape index (κ2) is 8.48. The Kier molecular flexibility index (Phi) is 5.95. The highest BCUT2D eigenvalue weighted by atomic mass is 16.7. The summed E-state index contributed by atoms with van der Waals surface area (Å²) in [4.78, 5) is 20.0. The van der Waals surface area contributed by atoms with Crippen LogP contribution in [0, 0.1) is 5.92 Å². The van der Waals surface area contributed by atoms with Crippen molar-refractivity contribution in [3.8, 4) is 0 Å². The van der Waals surface area contributed by atoms with Crippen molar-refractivity contribution in [2.24, 2.45) is 10.9 Å². The van der Waals surface area contributed by atoms with Gasteiger partial charge in [0, 0.05) is 24.4 Å². The molecule has 1 amide bonds. The van der Waals surface area contributed by atoms with Gasteiger partial charge in [-0.15, -0.1) is 0 Å². The highest BCUT2D eigenvalue weighted by Crippen LogP contribution is 2.44. The normalized spacial score (nSPS) is 29.3. The maximum absolute atomic E-state index is 13.2. The van der Waals surface area contributed by atoms with Gasteiger partial charge in [0.2, 0.25) is 0 Å². The van der Waals surface area contributed by atoms with Crippen molar-refractivity contribution < 1.29 is 18.8 Å². The fraction of sp³-hybridized carbons (Fsp3) is 0.643. The van der Waals surface area contributed by atoms with Crippen LogP contribution in [0.4, 0.5) is 4.79 Å². The molecule has 0 spiro atoms. The van der Waals surface area contributed by atoms with Gasteiger partial charge in [-0.05, 0) is 90.2 Å². The number of benzene rings is 1. The molecule has 1 aromatic rings. The monoisotopic (exact) mass is 478 g/mol. The second-order valence-corrected chi connectivity index (χ2v) is 12.6. The van der Waals surface area contributed by atoms with Crippen LogP contribution in [0.3, 0.4) is 0 Å². The molecule has 3 atom stereocenters. The molecule has 1 unspecified atom stereocenters. The van der Waals surface area contributed by atoms with E-state index in [1.165, 1.54) is 18.4 Å². The molecule has 3 heterocycles. The lowest BCUT2D eigenvalue weighted by molar-refractivity contribution is 0.00578. The molecule has 0 radical (unpaired) electrons. The van der Waals surface area contributed by atoms with Gasteiger partial charge in [-0.2, -0.15) is 0 Å². The summed E-state index contributed by atoms with van der Waals surface area (Å²) >= 11 is 0. The quantitative estimate of drug-likeness (QED) is 0.550. The smallest absolute Gasteiger partial charge is 0.444 e. The van der Waals surface area contributed by atoms with Crippen LogP contribution in [0.2, 0.25) is 0 Å². The number of nitrogens with zero attached hydrogens (tertiary/aromatic N) is 2. The average Bonchev–Trinajstić information content (AvgIpc) is 3.49. The van der Waals surface area contributed by atoms with Gasteiger partial charge in [0.15, 0.2) is 0 Å². The molecule has 0 bridgehead atoms. The Morgan fingerprint density at radius 3 is 2.37 bits per heavy atom. The number of ether oxygens (including phenoxy) is 1. The van der Waals surface area contributed by atoms with E-state index < -0.39 is 5.60 Å². The molecule has 1 aromatic carbocycles. The van der Waals surface area contributed by atoms with Crippen LogP contribution in [0.15, 0.2) is 35.5 Å². The second-order valence-electron chi connectivity index (χ2n) is 12.6. The van der Waals surface area contributed by atoms with E-state index in [0.717, 1.165) is 36.0 Å². The van der Waals surface area contributed by atoms with Gasteiger partial charge in [0.1, 0.15) is 5.60 Å². The minimum atomic E-state index is -0.502. The molecule has 2 saturated heterocycles. The van der Waals surface area contributed by atoms with Crippen molar-refractivity contribution in [2.75, 3.05) is 0 Å². The van der Waals surface area contributed by atoms with Crippen LogP contribution in [-0.4, -0.2) is 52.7 Å². The maximum Gasteiger partial charge on any atom is 0.494 e. The van der Waals surface area contributed by atoms with Gasteiger partial charge in [0.05, 0.1) is 17.2 Å². The summed E-state index contributed by atoms with van der Waals surface area (Å²) in [5.41, 5.74) is 3.21. The number of likely N-dealkylation sites (tertiary alicyclic amines) is 1. The molecule has 4 aliphatic rings. The Morgan fingerprint density at radius 1 is 1.09 bits per heavy atom. The van der Waals surface area contributed by atoms with Crippen molar-refractivity contribution >= 4 is 30.0 Å². The van der Waals surface area contributed by atoms with E-state index in [2.05, 4.69) is 52.0 Å². The minimum absolute atomic E-state index is 0.0259. The molecular weight excluding hydrogens is 439 g/mol. The molecule has 35 heavy (non-hydrogen) atoms. The molecule has 5 rings (SSSR count). The number of allylic oxidation sites excluding steroid dienone is 1. The van der Waals surface area contributed by atoms with E-state index in [1.54, 1.807) is 0 Å². The maximum atomic E-state index is 13.2. The van der Waals surface area contributed by atoms with Crippen LogP contribution in [0.5, 0.6) is 0 Å². The Bertz CT molecular complexity index is 1040. The Balaban J connectivity index is 1.27. The summed E-state index contributed by atoms with van der Waals surface area (Å²) < 4.78 is 18.2. The lowest BCUT2D eigenvalue weighted by Crippen LogP contribution is -2.47. The number of fused-ring (bicyclic) bond motifs is 1. The molecule has 1 aliphatic carbocycles. The number of rotatable bonds is 3. The molecule has 7 heteroatoms. The first-order valence-electron chi connectivity index (χ1n) is 13.1. The molecule has 0 N–H and O–H groups in total. The third-order valence-electron chi connectivity index (χ3n) is 8.39. The molecule has 1 saturated carbocycles. The predicted molar refractivity (Wildman–Crippen MR) is 140 cm³/mol. The number of amides is 1. The average molecular weight is 478 g/mol. The van der Waals surface area contributed by atoms with E-state index in [-0.39, 0.29) is 36.5 Å². The van der Waals surface area contributed by atoms with Gasteiger partial charge < -0.3 is 14.0 Å². The molecule has 0 aromatic heterocycles. The fourth-order valence-corrected chi connectivity index (χ4v) is 5.82. The lowest BCUT2D eigenvalue weighted by Gasteiger charge is -2.32. The van der Waals surface area contributed by atoms with Gasteiger partial charge >= 0.3 is 13.2 Å². The Morgan fingerprint density at radius 2 is 1.74 bits per heavy atom. The van der Waals surface area contributed by atoms with Crippen molar-refractivity contribution in [3.05, 3.63) is 36.0 Å². The van der Waals surface area contributed by atoms with Gasteiger partial charge in [-0.25, -0.2) is 4.79 Å². The predicted octanol–water partition coefficient (Wildman–Crippen LogP) is 5.35. The highest BCUT2D eigenvalue weighted by Gasteiger charge is 2.52. The number of hydrogen-bond acceptors (Lipinski definition) is 5. The topological polar surface area (TPSA) is 60.4 Å². The number of carbonyl (C=O) groups is 1.